The highest BCUT2D eigenvalue weighted by molar-refractivity contribution is 6.05. The zero-order valence-electron chi connectivity index (χ0n) is 13.5. The van der Waals surface area contributed by atoms with Crippen LogP contribution >= 0.6 is 0 Å². The van der Waals surface area contributed by atoms with E-state index in [2.05, 4.69) is 5.32 Å². The first kappa shape index (κ1) is 15.2. The fraction of sp³-hybridized carbons (Fsp3) is 0.278. The summed E-state index contributed by atoms with van der Waals surface area (Å²) in [6, 6.07) is 13.4. The highest BCUT2D eigenvalue weighted by Crippen LogP contribution is 2.41. The number of hydrogen-bond donors (Lipinski definition) is 1. The van der Waals surface area contributed by atoms with Crippen LogP contribution in [0.3, 0.4) is 0 Å². The number of rotatable bonds is 4. The van der Waals surface area contributed by atoms with E-state index in [1.54, 1.807) is 19.1 Å². The second-order valence-electron chi connectivity index (χ2n) is 5.50. The van der Waals surface area contributed by atoms with Gasteiger partial charge in [0.1, 0.15) is 6.04 Å². The third-order valence-electron chi connectivity index (χ3n) is 3.98. The third kappa shape index (κ3) is 2.82. The van der Waals surface area contributed by atoms with E-state index in [-0.39, 0.29) is 11.9 Å². The molecule has 1 unspecified atom stereocenters. The SMILES string of the molecule is COc1cc2c(cc1OC)N(Cc1ccccc1)C(=O)C(C)N2. The molecule has 1 heterocycles. The molecule has 23 heavy (non-hydrogen) atoms. The van der Waals surface area contributed by atoms with Crippen LogP contribution in [0.15, 0.2) is 42.5 Å². The molecule has 0 bridgehead atoms. The maximum Gasteiger partial charge on any atom is 0.249 e. The van der Waals surface area contributed by atoms with Crippen molar-refractivity contribution in [2.75, 3.05) is 24.4 Å². The minimum Gasteiger partial charge on any atom is -0.493 e. The van der Waals surface area contributed by atoms with Crippen LogP contribution in [0, 0.1) is 0 Å². The lowest BCUT2D eigenvalue weighted by Gasteiger charge is -2.34. The van der Waals surface area contributed by atoms with Crippen LogP contribution in [-0.2, 0) is 11.3 Å². The second-order valence-corrected chi connectivity index (χ2v) is 5.50. The number of nitrogens with one attached hydrogen (secondary N) is 1. The average molecular weight is 312 g/mol. The summed E-state index contributed by atoms with van der Waals surface area (Å²) in [5, 5.41) is 3.22. The molecule has 0 saturated carbocycles. The number of hydrogen-bond acceptors (Lipinski definition) is 4. The predicted molar refractivity (Wildman–Crippen MR) is 90.3 cm³/mol. The largest absolute Gasteiger partial charge is 0.493 e. The summed E-state index contributed by atoms with van der Waals surface area (Å²) in [6.07, 6.45) is 0. The Hall–Kier alpha value is -2.69. The number of nitrogens with zero attached hydrogens (tertiary/aromatic N) is 1. The summed E-state index contributed by atoms with van der Waals surface area (Å²) < 4.78 is 10.7. The lowest BCUT2D eigenvalue weighted by Crippen LogP contribution is -2.45. The molecule has 1 aliphatic rings. The summed E-state index contributed by atoms with van der Waals surface area (Å²) in [5.41, 5.74) is 2.75. The van der Waals surface area contributed by atoms with Crippen molar-refractivity contribution < 1.29 is 14.3 Å². The number of amides is 1. The van der Waals surface area contributed by atoms with Crippen molar-refractivity contribution in [3.05, 3.63) is 48.0 Å². The molecule has 0 aromatic heterocycles. The summed E-state index contributed by atoms with van der Waals surface area (Å²) in [5.74, 6) is 1.28. The lowest BCUT2D eigenvalue weighted by molar-refractivity contribution is -0.119. The maximum absolute atomic E-state index is 12.6. The second kappa shape index (κ2) is 6.20. The van der Waals surface area contributed by atoms with Gasteiger partial charge in [0.15, 0.2) is 11.5 Å². The molecular formula is C18H20N2O3. The molecule has 1 aliphatic heterocycles. The highest BCUT2D eigenvalue weighted by Gasteiger charge is 2.31. The van der Waals surface area contributed by atoms with Gasteiger partial charge in [0.05, 0.1) is 32.1 Å². The predicted octanol–water partition coefficient (Wildman–Crippen LogP) is 3.05. The molecule has 120 valence electrons. The van der Waals surface area contributed by atoms with Gasteiger partial charge in [-0.05, 0) is 12.5 Å². The number of anilines is 2. The summed E-state index contributed by atoms with van der Waals surface area (Å²) in [7, 11) is 3.19. The van der Waals surface area contributed by atoms with Gasteiger partial charge in [-0.1, -0.05) is 30.3 Å². The Morgan fingerprint density at radius 3 is 2.39 bits per heavy atom. The van der Waals surface area contributed by atoms with E-state index < -0.39 is 0 Å². The molecule has 0 radical (unpaired) electrons. The van der Waals surface area contributed by atoms with Crippen molar-refractivity contribution in [3.63, 3.8) is 0 Å². The number of benzene rings is 2. The molecular weight excluding hydrogens is 292 g/mol. The molecule has 0 aliphatic carbocycles. The summed E-state index contributed by atoms with van der Waals surface area (Å²) >= 11 is 0. The van der Waals surface area contributed by atoms with E-state index in [0.717, 1.165) is 16.9 Å². The fourth-order valence-electron chi connectivity index (χ4n) is 2.78. The topological polar surface area (TPSA) is 50.8 Å². The van der Waals surface area contributed by atoms with Gasteiger partial charge in [0, 0.05) is 12.1 Å². The molecule has 1 amide bonds. The van der Waals surface area contributed by atoms with Crippen LogP contribution in [0.1, 0.15) is 12.5 Å². The molecule has 1 N–H and O–H groups in total. The molecule has 5 heteroatoms. The number of carbonyl (C=O) groups is 1. The normalized spacial score (nSPS) is 16.6. The minimum atomic E-state index is -0.288. The van der Waals surface area contributed by atoms with E-state index in [1.165, 1.54) is 0 Å². The zero-order valence-corrected chi connectivity index (χ0v) is 13.5. The van der Waals surface area contributed by atoms with Crippen LogP contribution < -0.4 is 19.7 Å². The average Bonchev–Trinajstić information content (AvgIpc) is 2.58. The van der Waals surface area contributed by atoms with Crippen molar-refractivity contribution in [1.82, 2.24) is 0 Å². The third-order valence-corrected chi connectivity index (χ3v) is 3.98. The van der Waals surface area contributed by atoms with Crippen LogP contribution in [0.2, 0.25) is 0 Å². The van der Waals surface area contributed by atoms with Gasteiger partial charge >= 0.3 is 0 Å². The molecule has 0 spiro atoms. The quantitative estimate of drug-likeness (QED) is 0.943. The Labute approximate surface area is 135 Å². The monoisotopic (exact) mass is 312 g/mol. The number of ether oxygens (including phenoxy) is 2. The van der Waals surface area contributed by atoms with Crippen LogP contribution in [0.5, 0.6) is 11.5 Å². The van der Waals surface area contributed by atoms with Gasteiger partial charge in [-0.25, -0.2) is 0 Å². The molecule has 0 saturated heterocycles. The van der Waals surface area contributed by atoms with Crippen LogP contribution in [0.25, 0.3) is 0 Å². The first-order valence-corrected chi connectivity index (χ1v) is 7.52. The summed E-state index contributed by atoms with van der Waals surface area (Å²) in [6.45, 7) is 2.38. The molecule has 2 aromatic carbocycles. The van der Waals surface area contributed by atoms with E-state index in [0.29, 0.717) is 18.0 Å². The standard InChI is InChI=1S/C18H20N2O3/c1-12-18(21)20(11-13-7-5-4-6-8-13)15-10-17(23-3)16(22-2)9-14(15)19-12/h4-10,12,19H,11H2,1-3H3. The molecule has 5 nitrogen and oxygen atoms in total. The van der Waals surface area contributed by atoms with Crippen molar-refractivity contribution in [2.24, 2.45) is 0 Å². The number of methoxy groups -OCH3 is 2. The first-order chi connectivity index (χ1) is 11.1. The Kier molecular flexibility index (Phi) is 4.10. The zero-order chi connectivity index (χ0) is 16.4. The van der Waals surface area contributed by atoms with E-state index in [4.69, 9.17) is 9.47 Å². The van der Waals surface area contributed by atoms with Crippen molar-refractivity contribution in [2.45, 2.75) is 19.5 Å². The maximum atomic E-state index is 12.6. The molecule has 3 rings (SSSR count). The first-order valence-electron chi connectivity index (χ1n) is 7.52. The van der Waals surface area contributed by atoms with Crippen LogP contribution in [0.4, 0.5) is 11.4 Å². The van der Waals surface area contributed by atoms with Gasteiger partial charge < -0.3 is 19.7 Å². The van der Waals surface area contributed by atoms with Crippen molar-refractivity contribution >= 4 is 17.3 Å². The Bertz CT molecular complexity index is 716. The summed E-state index contributed by atoms with van der Waals surface area (Å²) in [4.78, 5) is 14.4. The van der Waals surface area contributed by atoms with Gasteiger partial charge in [-0.2, -0.15) is 0 Å². The molecule has 1 atom stereocenters. The van der Waals surface area contributed by atoms with Gasteiger partial charge in [-0.3, -0.25) is 4.79 Å². The van der Waals surface area contributed by atoms with Crippen LogP contribution in [-0.4, -0.2) is 26.2 Å². The Morgan fingerprint density at radius 1 is 1.09 bits per heavy atom. The molecule has 0 fully saturated rings. The van der Waals surface area contributed by atoms with Crippen molar-refractivity contribution in [3.8, 4) is 11.5 Å². The van der Waals surface area contributed by atoms with Gasteiger partial charge in [-0.15, -0.1) is 0 Å². The van der Waals surface area contributed by atoms with Crippen molar-refractivity contribution in [1.29, 1.82) is 0 Å². The minimum absolute atomic E-state index is 0.0357. The lowest BCUT2D eigenvalue weighted by atomic mass is 10.1. The molecule has 2 aromatic rings. The number of carbonyl (C=O) groups excluding carboxylic acids is 1. The highest BCUT2D eigenvalue weighted by atomic mass is 16.5. The van der Waals surface area contributed by atoms with E-state index in [9.17, 15) is 4.79 Å². The Balaban J connectivity index is 2.04. The smallest absolute Gasteiger partial charge is 0.249 e. The fourth-order valence-corrected chi connectivity index (χ4v) is 2.78. The van der Waals surface area contributed by atoms with Gasteiger partial charge in [0.25, 0.3) is 0 Å². The number of fused-ring (bicyclic) bond motifs is 1. The van der Waals surface area contributed by atoms with E-state index >= 15 is 0 Å². The van der Waals surface area contributed by atoms with Gasteiger partial charge in [0.2, 0.25) is 5.91 Å². The Morgan fingerprint density at radius 2 is 1.74 bits per heavy atom. The van der Waals surface area contributed by atoms with E-state index in [1.807, 2.05) is 49.4 Å².